The molecule has 0 saturated heterocycles. The molecule has 2 N–H and O–H groups in total. The molecule has 6 nitrogen and oxygen atoms in total. The minimum absolute atomic E-state index is 0.0120. The van der Waals surface area contributed by atoms with Gasteiger partial charge in [0.15, 0.2) is 0 Å². The topological polar surface area (TPSA) is 68.2 Å². The number of carbonyl (C=O) groups excluding carboxylic acids is 1. The third kappa shape index (κ3) is 4.83. The van der Waals surface area contributed by atoms with Crippen LogP contribution in [0, 0.1) is 0 Å². The number of halogens is 1. The van der Waals surface area contributed by atoms with Gasteiger partial charge in [-0.2, -0.15) is 5.10 Å². The summed E-state index contributed by atoms with van der Waals surface area (Å²) < 4.78 is 7.92. The Morgan fingerprint density at radius 2 is 1.96 bits per heavy atom. The third-order valence-corrected chi connectivity index (χ3v) is 4.60. The van der Waals surface area contributed by atoms with Crippen molar-refractivity contribution < 1.29 is 9.53 Å². The van der Waals surface area contributed by atoms with Gasteiger partial charge in [0.2, 0.25) is 5.91 Å². The van der Waals surface area contributed by atoms with E-state index in [2.05, 4.69) is 31.7 Å². The lowest BCUT2D eigenvalue weighted by Gasteiger charge is -2.21. The van der Waals surface area contributed by atoms with Crippen LogP contribution in [0.2, 0.25) is 0 Å². The molecule has 0 saturated carbocycles. The molecule has 0 bridgehead atoms. The summed E-state index contributed by atoms with van der Waals surface area (Å²) >= 11 is 3.49. The predicted octanol–water partition coefficient (Wildman–Crippen LogP) is 3.91. The number of rotatable bonds is 7. The maximum Gasteiger partial charge on any atom is 0.242 e. The Labute approximate surface area is 157 Å². The Morgan fingerprint density at radius 1 is 1.24 bits per heavy atom. The number of methoxy groups -OCH3 is 1. The molecule has 0 aliphatic heterocycles. The maximum absolute atomic E-state index is 12.5. The molecule has 2 aromatic rings. The number of nitrogens with zero attached hydrogens (tertiary/aromatic N) is 2. The van der Waals surface area contributed by atoms with Gasteiger partial charge in [-0.1, -0.05) is 6.07 Å². The first-order valence-corrected chi connectivity index (χ1v) is 9.06. The van der Waals surface area contributed by atoms with E-state index >= 15 is 0 Å². The number of ether oxygens (including phenoxy) is 1. The van der Waals surface area contributed by atoms with Crippen LogP contribution in [0.25, 0.3) is 0 Å². The lowest BCUT2D eigenvalue weighted by Crippen LogP contribution is -2.39. The minimum Gasteiger partial charge on any atom is -0.496 e. The van der Waals surface area contributed by atoms with Crippen molar-refractivity contribution in [2.24, 2.45) is 0 Å². The van der Waals surface area contributed by atoms with Crippen LogP contribution in [0.3, 0.4) is 0 Å². The Hall–Kier alpha value is -1.86. The summed E-state index contributed by atoms with van der Waals surface area (Å²) in [6.45, 7) is 7.92. The molecule has 7 heteroatoms. The summed E-state index contributed by atoms with van der Waals surface area (Å²) in [6.07, 6.45) is 1.69. The molecule has 1 aromatic heterocycles. The molecule has 1 amide bonds. The van der Waals surface area contributed by atoms with Gasteiger partial charge in [0.05, 0.1) is 23.8 Å². The zero-order chi connectivity index (χ0) is 18.6. The summed E-state index contributed by atoms with van der Waals surface area (Å²) in [6, 6.07) is 7.53. The van der Waals surface area contributed by atoms with E-state index in [0.717, 1.165) is 15.8 Å². The van der Waals surface area contributed by atoms with E-state index in [9.17, 15) is 4.79 Å². The molecular formula is C18H25BrN4O2. The zero-order valence-corrected chi connectivity index (χ0v) is 16.8. The number of hydrogen-bond donors (Lipinski definition) is 2. The van der Waals surface area contributed by atoms with Crippen LogP contribution < -0.4 is 15.4 Å². The predicted molar refractivity (Wildman–Crippen MR) is 103 cm³/mol. The van der Waals surface area contributed by atoms with Crippen LogP contribution in [0.1, 0.15) is 45.3 Å². The van der Waals surface area contributed by atoms with Crippen molar-refractivity contribution in [3.8, 4) is 5.75 Å². The molecule has 2 atom stereocenters. The molecule has 1 heterocycles. The highest BCUT2D eigenvalue weighted by Crippen LogP contribution is 2.28. The Bertz CT molecular complexity index is 730. The number of amides is 1. The van der Waals surface area contributed by atoms with Crippen LogP contribution in [0.15, 0.2) is 34.9 Å². The molecule has 25 heavy (non-hydrogen) atoms. The average molecular weight is 409 g/mol. The van der Waals surface area contributed by atoms with Gasteiger partial charge in [0.25, 0.3) is 0 Å². The maximum atomic E-state index is 12.5. The van der Waals surface area contributed by atoms with E-state index in [1.807, 2.05) is 45.9 Å². The van der Waals surface area contributed by atoms with Crippen molar-refractivity contribution in [2.75, 3.05) is 12.4 Å². The molecule has 0 aliphatic rings. The minimum atomic E-state index is -0.355. The molecule has 0 aliphatic carbocycles. The van der Waals surface area contributed by atoms with E-state index in [1.54, 1.807) is 24.1 Å². The van der Waals surface area contributed by atoms with E-state index in [1.165, 1.54) is 0 Å². The van der Waals surface area contributed by atoms with E-state index in [4.69, 9.17) is 4.74 Å². The van der Waals surface area contributed by atoms with Gasteiger partial charge >= 0.3 is 0 Å². The number of aromatic nitrogens is 2. The Balaban J connectivity index is 2.00. The summed E-state index contributed by atoms with van der Waals surface area (Å²) in [5.74, 6) is 1.39. The van der Waals surface area contributed by atoms with Crippen molar-refractivity contribution in [1.82, 2.24) is 15.1 Å². The normalized spacial score (nSPS) is 13.6. The standard InChI is InChI=1S/C18H25BrN4O2/c1-11(2)23-17(8-9-20-23)22-18(24)13(4)21-12(3)14-6-7-16(25-5)15(19)10-14/h6-13,21H,1-5H3,(H,22,24). The van der Waals surface area contributed by atoms with Crippen molar-refractivity contribution in [3.05, 3.63) is 40.5 Å². The van der Waals surface area contributed by atoms with Gasteiger partial charge in [-0.05, 0) is 61.3 Å². The van der Waals surface area contributed by atoms with Crippen LogP contribution in [0.4, 0.5) is 5.82 Å². The van der Waals surface area contributed by atoms with Crippen LogP contribution in [-0.4, -0.2) is 28.8 Å². The fraction of sp³-hybridized carbons (Fsp3) is 0.444. The summed E-state index contributed by atoms with van der Waals surface area (Å²) in [5, 5.41) is 10.5. The molecule has 136 valence electrons. The molecule has 1 aromatic carbocycles. The number of hydrogen-bond acceptors (Lipinski definition) is 4. The van der Waals surface area contributed by atoms with E-state index in [-0.39, 0.29) is 24.0 Å². The first-order chi connectivity index (χ1) is 11.8. The van der Waals surface area contributed by atoms with Gasteiger partial charge < -0.3 is 10.1 Å². The first kappa shape index (κ1) is 19.5. The van der Waals surface area contributed by atoms with Crippen molar-refractivity contribution in [3.63, 3.8) is 0 Å². The lowest BCUT2D eigenvalue weighted by atomic mass is 10.1. The fourth-order valence-corrected chi connectivity index (χ4v) is 3.12. The smallest absolute Gasteiger partial charge is 0.242 e. The van der Waals surface area contributed by atoms with Crippen LogP contribution >= 0.6 is 15.9 Å². The number of carbonyl (C=O) groups is 1. The van der Waals surface area contributed by atoms with Crippen molar-refractivity contribution in [1.29, 1.82) is 0 Å². The SMILES string of the molecule is COc1ccc(C(C)NC(C)C(=O)Nc2ccnn2C(C)C)cc1Br. The largest absolute Gasteiger partial charge is 0.496 e. The number of nitrogens with one attached hydrogen (secondary N) is 2. The van der Waals surface area contributed by atoms with Gasteiger partial charge in [-0.25, -0.2) is 4.68 Å². The van der Waals surface area contributed by atoms with Gasteiger partial charge in [-0.3, -0.25) is 10.1 Å². The molecule has 2 unspecified atom stereocenters. The monoisotopic (exact) mass is 408 g/mol. The highest BCUT2D eigenvalue weighted by atomic mass is 79.9. The molecular weight excluding hydrogens is 384 g/mol. The van der Waals surface area contributed by atoms with Crippen molar-refractivity contribution in [2.45, 2.75) is 45.8 Å². The first-order valence-electron chi connectivity index (χ1n) is 8.27. The van der Waals surface area contributed by atoms with Crippen LogP contribution in [-0.2, 0) is 4.79 Å². The second kappa shape index (κ2) is 8.49. The Morgan fingerprint density at radius 3 is 2.56 bits per heavy atom. The Kier molecular flexibility index (Phi) is 6.61. The van der Waals surface area contributed by atoms with E-state index in [0.29, 0.717) is 5.82 Å². The highest BCUT2D eigenvalue weighted by Gasteiger charge is 2.19. The molecule has 0 fully saturated rings. The third-order valence-electron chi connectivity index (χ3n) is 3.98. The molecule has 0 spiro atoms. The highest BCUT2D eigenvalue weighted by molar-refractivity contribution is 9.10. The quantitative estimate of drug-likeness (QED) is 0.728. The van der Waals surface area contributed by atoms with Gasteiger partial charge in [-0.15, -0.1) is 0 Å². The summed E-state index contributed by atoms with van der Waals surface area (Å²) in [5.41, 5.74) is 1.07. The van der Waals surface area contributed by atoms with E-state index < -0.39 is 0 Å². The number of anilines is 1. The van der Waals surface area contributed by atoms with Gasteiger partial charge in [0, 0.05) is 18.2 Å². The van der Waals surface area contributed by atoms with Crippen molar-refractivity contribution >= 4 is 27.7 Å². The zero-order valence-electron chi connectivity index (χ0n) is 15.2. The average Bonchev–Trinajstić information content (AvgIpc) is 3.02. The molecule has 2 rings (SSSR count). The number of benzene rings is 1. The fourth-order valence-electron chi connectivity index (χ4n) is 2.56. The van der Waals surface area contributed by atoms with Gasteiger partial charge in [0.1, 0.15) is 11.6 Å². The second-order valence-corrected chi connectivity index (χ2v) is 7.10. The summed E-state index contributed by atoms with van der Waals surface area (Å²) in [7, 11) is 1.63. The lowest BCUT2D eigenvalue weighted by molar-refractivity contribution is -0.118. The second-order valence-electron chi connectivity index (χ2n) is 6.25. The molecule has 0 radical (unpaired) electrons. The summed E-state index contributed by atoms with van der Waals surface area (Å²) in [4.78, 5) is 12.5. The van der Waals surface area contributed by atoms with Crippen LogP contribution in [0.5, 0.6) is 5.75 Å².